The Morgan fingerprint density at radius 2 is 1.18 bits per heavy atom. The van der Waals surface area contributed by atoms with Gasteiger partial charge in [0.05, 0.1) is 15.1 Å². The van der Waals surface area contributed by atoms with Gasteiger partial charge >= 0.3 is 0 Å². The number of alkyl halides is 2. The molecule has 0 bridgehead atoms. The highest BCUT2D eigenvalue weighted by Crippen LogP contribution is 2.37. The van der Waals surface area contributed by atoms with E-state index in [0.29, 0.717) is 36.2 Å². The maximum absolute atomic E-state index is 13.1. The van der Waals surface area contributed by atoms with E-state index in [9.17, 15) is 23.2 Å². The molecule has 2 aromatic heterocycles. The minimum absolute atomic E-state index is 0.00480. The van der Waals surface area contributed by atoms with Crippen molar-refractivity contribution in [2.45, 2.75) is 30.7 Å². The highest BCUT2D eigenvalue weighted by molar-refractivity contribution is 9.24. The van der Waals surface area contributed by atoms with Crippen LogP contribution in [0, 0.1) is 11.6 Å². The fourth-order valence-corrected chi connectivity index (χ4v) is 5.16. The van der Waals surface area contributed by atoms with Crippen LogP contribution in [-0.2, 0) is 13.1 Å². The second-order valence-electron chi connectivity index (χ2n) is 8.12. The smallest absolute Gasteiger partial charge is 0.269 e. The van der Waals surface area contributed by atoms with E-state index >= 15 is 0 Å². The van der Waals surface area contributed by atoms with Gasteiger partial charge in [0.25, 0.3) is 11.1 Å². The maximum atomic E-state index is 13.1. The van der Waals surface area contributed by atoms with Crippen molar-refractivity contribution >= 4 is 61.3 Å². The van der Waals surface area contributed by atoms with Gasteiger partial charge in [-0.1, -0.05) is 55.1 Å². The molecule has 0 radical (unpaired) electrons. The number of carbonyl (C=O) groups excluding carboxylic acids is 1. The number of aromatic nitrogens is 2. The van der Waals surface area contributed by atoms with Crippen LogP contribution < -0.4 is 11.1 Å². The Kier molecular flexibility index (Phi) is 10.8. The number of nitrogens with zero attached hydrogens (tertiary/aromatic N) is 2. The average molecular weight is 703 g/mol. The molecule has 0 amide bonds. The molecule has 0 aliphatic rings. The van der Waals surface area contributed by atoms with E-state index in [1.54, 1.807) is 29.7 Å². The molecule has 0 fully saturated rings. The molecule has 0 N–H and O–H groups in total. The summed E-state index contributed by atoms with van der Waals surface area (Å²) in [6.07, 6.45) is 0.635. The normalized spacial score (nSPS) is 10.8. The summed E-state index contributed by atoms with van der Waals surface area (Å²) in [7, 11) is 0. The summed E-state index contributed by atoms with van der Waals surface area (Å²) in [5.41, 5.74) is 3.04. The fourth-order valence-electron chi connectivity index (χ4n) is 4.03. The zero-order valence-corrected chi connectivity index (χ0v) is 25.4. The lowest BCUT2D eigenvalue weighted by molar-refractivity contribution is 0.112. The molecule has 0 atom stereocenters. The third-order valence-electron chi connectivity index (χ3n) is 5.78. The molecular weight excluding hydrogens is 681 g/mol. The summed E-state index contributed by atoms with van der Waals surface area (Å²) in [5.74, 6) is -0.695. The van der Waals surface area contributed by atoms with E-state index in [4.69, 9.17) is 23.2 Å². The summed E-state index contributed by atoms with van der Waals surface area (Å²) in [4.78, 5) is 35.3. The molecule has 0 spiro atoms. The van der Waals surface area contributed by atoms with Crippen LogP contribution in [-0.4, -0.2) is 15.4 Å². The van der Waals surface area contributed by atoms with Gasteiger partial charge in [-0.05, 0) is 85.6 Å². The lowest BCUT2D eigenvalue weighted by Crippen LogP contribution is -2.23. The van der Waals surface area contributed by atoms with Gasteiger partial charge in [-0.25, -0.2) is 8.78 Å². The number of carbonyl (C=O) groups is 1. The Hall–Kier alpha value is -2.59. The van der Waals surface area contributed by atoms with Gasteiger partial charge in [-0.15, -0.1) is 0 Å². The minimum Gasteiger partial charge on any atom is -0.307 e. The highest BCUT2D eigenvalue weighted by atomic mass is 79.9. The van der Waals surface area contributed by atoms with Gasteiger partial charge in [0.1, 0.15) is 21.7 Å². The van der Waals surface area contributed by atoms with Gasteiger partial charge in [0.15, 0.2) is 6.29 Å². The Balaban J connectivity index is 0.000000216. The lowest BCUT2D eigenvalue weighted by atomic mass is 10.1. The molecule has 0 saturated carbocycles. The minimum atomic E-state index is -0.379. The Bertz CT molecular complexity index is 1600. The van der Waals surface area contributed by atoms with Gasteiger partial charge < -0.3 is 9.13 Å². The monoisotopic (exact) mass is 700 g/mol. The third-order valence-corrected chi connectivity index (χ3v) is 7.31. The number of pyridine rings is 2. The summed E-state index contributed by atoms with van der Waals surface area (Å²) < 4.78 is 28.9. The highest BCUT2D eigenvalue weighted by Gasteiger charge is 2.18. The maximum Gasteiger partial charge on any atom is 0.269 e. The molecule has 0 aliphatic heterocycles. The number of halogens is 6. The van der Waals surface area contributed by atoms with Gasteiger partial charge in [-0.3, -0.25) is 14.4 Å². The van der Waals surface area contributed by atoms with Crippen molar-refractivity contribution in [3.05, 3.63) is 114 Å². The SMILES string of the molecule is CCn1c(-c2ccc(F)cc2)c(C(Br)Br)cc(Cl)c1=O.CCn1c(-c2ccc(F)cc2)c(C=O)cc(Cl)c1=O. The molecule has 2 heterocycles. The van der Waals surface area contributed by atoms with E-state index in [-0.39, 0.29) is 36.5 Å². The summed E-state index contributed by atoms with van der Waals surface area (Å²) >= 11 is 18.7. The van der Waals surface area contributed by atoms with Crippen LogP contribution in [0.15, 0.2) is 70.3 Å². The van der Waals surface area contributed by atoms with Crippen molar-refractivity contribution in [3.63, 3.8) is 0 Å². The van der Waals surface area contributed by atoms with Crippen LogP contribution in [0.1, 0.15) is 33.5 Å². The molecule has 4 aromatic rings. The van der Waals surface area contributed by atoms with E-state index < -0.39 is 0 Å². The fraction of sp³-hybridized carbons (Fsp3) is 0.179. The summed E-state index contributed by atoms with van der Waals surface area (Å²) in [6, 6.07) is 14.6. The Labute approximate surface area is 250 Å². The van der Waals surface area contributed by atoms with E-state index in [1.807, 2.05) is 6.92 Å². The van der Waals surface area contributed by atoms with Gasteiger partial charge in [-0.2, -0.15) is 0 Å². The number of hydrogen-bond acceptors (Lipinski definition) is 3. The molecule has 2 aromatic carbocycles. The molecule has 11 heteroatoms. The molecule has 0 saturated heterocycles. The summed E-state index contributed by atoms with van der Waals surface area (Å²) in [6.45, 7) is 4.49. The zero-order valence-electron chi connectivity index (χ0n) is 20.7. The predicted molar refractivity (Wildman–Crippen MR) is 160 cm³/mol. The van der Waals surface area contributed by atoms with Crippen molar-refractivity contribution in [1.29, 1.82) is 0 Å². The van der Waals surface area contributed by atoms with Gasteiger partial charge in [0, 0.05) is 24.2 Å². The average Bonchev–Trinajstić information content (AvgIpc) is 2.92. The van der Waals surface area contributed by atoms with Crippen LogP contribution in [0.25, 0.3) is 22.5 Å². The van der Waals surface area contributed by atoms with Crippen LogP contribution in [0.5, 0.6) is 0 Å². The van der Waals surface area contributed by atoms with Crippen molar-refractivity contribution in [2.75, 3.05) is 0 Å². The van der Waals surface area contributed by atoms with E-state index in [0.717, 1.165) is 16.8 Å². The molecular formula is C28H22Br2Cl2F2N2O3. The van der Waals surface area contributed by atoms with Crippen molar-refractivity contribution < 1.29 is 13.6 Å². The largest absolute Gasteiger partial charge is 0.307 e. The van der Waals surface area contributed by atoms with E-state index in [1.165, 1.54) is 47.0 Å². The van der Waals surface area contributed by atoms with Crippen molar-refractivity contribution in [1.82, 2.24) is 9.13 Å². The quantitative estimate of drug-likeness (QED) is 0.150. The topological polar surface area (TPSA) is 61.1 Å². The van der Waals surface area contributed by atoms with Crippen molar-refractivity contribution in [2.24, 2.45) is 0 Å². The Morgan fingerprint density at radius 3 is 1.59 bits per heavy atom. The molecule has 204 valence electrons. The predicted octanol–water partition coefficient (Wildman–Crippen LogP) is 8.26. The van der Waals surface area contributed by atoms with Crippen LogP contribution in [0.2, 0.25) is 10.0 Å². The molecule has 5 nitrogen and oxygen atoms in total. The molecule has 0 unspecified atom stereocenters. The van der Waals surface area contributed by atoms with Crippen LogP contribution >= 0.6 is 55.1 Å². The lowest BCUT2D eigenvalue weighted by Gasteiger charge is -2.18. The molecule has 0 aliphatic carbocycles. The second kappa shape index (κ2) is 13.7. The first-order valence-electron chi connectivity index (χ1n) is 11.7. The van der Waals surface area contributed by atoms with Crippen molar-refractivity contribution in [3.8, 4) is 22.5 Å². The first kappa shape index (κ1) is 30.9. The Morgan fingerprint density at radius 1 is 0.769 bits per heavy atom. The van der Waals surface area contributed by atoms with Crippen LogP contribution in [0.4, 0.5) is 8.78 Å². The molecule has 4 rings (SSSR count). The van der Waals surface area contributed by atoms with E-state index in [2.05, 4.69) is 31.9 Å². The number of aldehydes is 1. The number of hydrogen-bond donors (Lipinski definition) is 0. The first-order valence-corrected chi connectivity index (χ1v) is 14.2. The number of rotatable bonds is 6. The first-order chi connectivity index (χ1) is 18.5. The second-order valence-corrected chi connectivity index (χ2v) is 12.0. The van der Waals surface area contributed by atoms with Crippen LogP contribution in [0.3, 0.4) is 0 Å². The van der Waals surface area contributed by atoms with Gasteiger partial charge in [0.2, 0.25) is 0 Å². The third kappa shape index (κ3) is 6.95. The molecule has 39 heavy (non-hydrogen) atoms. The zero-order chi connectivity index (χ0) is 28.9. The standard InChI is InChI=1S/C14H11Br2ClFNO.C14H11ClFNO2/c1-2-19-12(8-3-5-9(18)6-4-8)10(13(15)16)7-11(17)14(19)20;1-2-17-13(9-3-5-11(16)6-4-9)10(8-18)7-12(15)14(17)19/h3-7,13H,2H2,1H3;3-8H,2H2,1H3. The number of benzene rings is 2. The summed E-state index contributed by atoms with van der Waals surface area (Å²) in [5, 5.41) is 0.159.